The van der Waals surface area contributed by atoms with E-state index in [1.165, 1.54) is 6.08 Å². The van der Waals surface area contributed by atoms with Gasteiger partial charge in [0.25, 0.3) is 5.56 Å². The highest BCUT2D eigenvalue weighted by atomic mass is 32.1. The zero-order valence-corrected chi connectivity index (χ0v) is 16.9. The number of carbonyl (C=O) groups excluding carboxylic acids is 1. The number of rotatable bonds is 6. The number of H-pyrrole nitrogens is 1. The zero-order valence-electron chi connectivity index (χ0n) is 16.1. The molecule has 0 radical (unpaired) electrons. The molecule has 1 aromatic rings. The lowest BCUT2D eigenvalue weighted by Gasteiger charge is -2.24. The fourth-order valence-corrected chi connectivity index (χ4v) is 3.08. The summed E-state index contributed by atoms with van der Waals surface area (Å²) in [6.45, 7) is 1.61. The molecule has 1 amide bonds. The number of alkyl halides is 3. The van der Waals surface area contributed by atoms with Gasteiger partial charge in [0, 0.05) is 12.7 Å². The molecule has 1 aliphatic heterocycles. The molecule has 168 valence electrons. The van der Waals surface area contributed by atoms with Gasteiger partial charge < -0.3 is 25.0 Å². The molecule has 0 saturated carbocycles. The molecule has 2 unspecified atom stereocenters. The van der Waals surface area contributed by atoms with E-state index in [0.29, 0.717) is 10.5 Å². The zero-order chi connectivity index (χ0) is 22.8. The van der Waals surface area contributed by atoms with Gasteiger partial charge in [-0.15, -0.1) is 0 Å². The fourth-order valence-electron chi connectivity index (χ4n) is 2.84. The molecule has 13 heteroatoms. The van der Waals surface area contributed by atoms with Crippen molar-refractivity contribution in [1.29, 1.82) is 0 Å². The summed E-state index contributed by atoms with van der Waals surface area (Å²) in [5.41, 5.74) is -0.396. The van der Waals surface area contributed by atoms with Gasteiger partial charge in [-0.3, -0.25) is 19.1 Å². The summed E-state index contributed by atoms with van der Waals surface area (Å²) in [5.74, 6) is -2.12. The van der Waals surface area contributed by atoms with Crippen LogP contribution in [-0.4, -0.2) is 73.3 Å². The Kier molecular flexibility index (Phi) is 7.58. The van der Waals surface area contributed by atoms with Gasteiger partial charge >= 0.3 is 12.1 Å². The second kappa shape index (κ2) is 9.39. The molecule has 1 fully saturated rings. The molecular weight excluding hydrogens is 431 g/mol. The van der Waals surface area contributed by atoms with E-state index in [1.807, 2.05) is 0 Å². The van der Waals surface area contributed by atoms with Gasteiger partial charge in [0.15, 0.2) is 11.0 Å². The predicted octanol–water partition coefficient (Wildman–Crippen LogP) is 0.374. The summed E-state index contributed by atoms with van der Waals surface area (Å²) in [4.78, 5) is 26.7. The van der Waals surface area contributed by atoms with Crippen LogP contribution < -0.4 is 5.56 Å². The molecule has 4 N–H and O–H groups in total. The van der Waals surface area contributed by atoms with Gasteiger partial charge in [-0.2, -0.15) is 13.2 Å². The average Bonchev–Trinajstić information content (AvgIpc) is 2.93. The van der Waals surface area contributed by atoms with E-state index in [1.54, 1.807) is 13.8 Å². The SMILES string of the molecule is CC(C)=CCN(Cc1cn([C@@H]2O[C@H](CO)C(O)C2O)c(=S)[nH]c1=O)C(=O)C(F)(F)F. The van der Waals surface area contributed by atoms with Crippen LogP contribution in [0.3, 0.4) is 0 Å². The first-order chi connectivity index (χ1) is 13.9. The number of allylic oxidation sites excluding steroid dienone is 1. The van der Waals surface area contributed by atoms with Crippen molar-refractivity contribution in [3.8, 4) is 0 Å². The lowest BCUT2D eigenvalue weighted by Crippen LogP contribution is -2.42. The van der Waals surface area contributed by atoms with Crippen molar-refractivity contribution < 1.29 is 38.0 Å². The summed E-state index contributed by atoms with van der Waals surface area (Å²) >= 11 is 5.01. The van der Waals surface area contributed by atoms with Gasteiger partial charge in [0.1, 0.15) is 18.3 Å². The van der Waals surface area contributed by atoms with Crippen LogP contribution in [0.2, 0.25) is 0 Å². The van der Waals surface area contributed by atoms with Crippen molar-refractivity contribution in [2.75, 3.05) is 13.2 Å². The predicted molar refractivity (Wildman–Crippen MR) is 99.8 cm³/mol. The Labute approximate surface area is 174 Å². The number of aromatic amines is 1. The quantitative estimate of drug-likeness (QED) is 0.362. The maximum absolute atomic E-state index is 13.0. The second-order valence-electron chi connectivity index (χ2n) is 7.01. The fraction of sp³-hybridized carbons (Fsp3) is 0.588. The van der Waals surface area contributed by atoms with Gasteiger partial charge in [0.2, 0.25) is 0 Å². The average molecular weight is 453 g/mol. The standard InChI is InChI=1S/C17H22F3N3O6S/c1-8(2)3-4-22(15(28)17(18,19)20)5-9-6-23(16(30)21-13(9)27)14-12(26)11(25)10(7-24)29-14/h3,6,10-12,14,24-26H,4-5,7H2,1-2H3,(H,21,27,30)/t10-,11?,12?,14-/m1/s1. The van der Waals surface area contributed by atoms with E-state index in [4.69, 9.17) is 17.0 Å². The van der Waals surface area contributed by atoms with E-state index >= 15 is 0 Å². The second-order valence-corrected chi connectivity index (χ2v) is 7.40. The van der Waals surface area contributed by atoms with E-state index in [-0.39, 0.29) is 16.9 Å². The molecule has 30 heavy (non-hydrogen) atoms. The minimum atomic E-state index is -5.14. The van der Waals surface area contributed by atoms with E-state index < -0.39 is 55.3 Å². The third-order valence-corrected chi connectivity index (χ3v) is 4.76. The van der Waals surface area contributed by atoms with Crippen molar-refractivity contribution in [3.63, 3.8) is 0 Å². The monoisotopic (exact) mass is 453 g/mol. The molecule has 4 atom stereocenters. The van der Waals surface area contributed by atoms with Crippen molar-refractivity contribution in [2.45, 2.75) is 51.1 Å². The van der Waals surface area contributed by atoms with Gasteiger partial charge in [-0.25, -0.2) is 0 Å². The number of hydrogen-bond acceptors (Lipinski definition) is 7. The minimum Gasteiger partial charge on any atom is -0.394 e. The largest absolute Gasteiger partial charge is 0.471 e. The normalized spacial score (nSPS) is 24.0. The topological polar surface area (TPSA) is 128 Å². The van der Waals surface area contributed by atoms with Crippen molar-refractivity contribution in [1.82, 2.24) is 14.5 Å². The number of carbonyl (C=O) groups is 1. The Hall–Kier alpha value is -2.06. The van der Waals surface area contributed by atoms with E-state index in [0.717, 1.165) is 10.8 Å². The maximum atomic E-state index is 13.0. The lowest BCUT2D eigenvalue weighted by atomic mass is 10.1. The van der Waals surface area contributed by atoms with Gasteiger partial charge in [-0.1, -0.05) is 11.6 Å². The summed E-state index contributed by atoms with van der Waals surface area (Å²) in [7, 11) is 0. The number of ether oxygens (including phenoxy) is 1. The smallest absolute Gasteiger partial charge is 0.394 e. The van der Waals surface area contributed by atoms with Crippen LogP contribution in [-0.2, 0) is 16.1 Å². The number of aliphatic hydroxyl groups excluding tert-OH is 3. The molecule has 9 nitrogen and oxygen atoms in total. The lowest BCUT2D eigenvalue weighted by molar-refractivity contribution is -0.185. The van der Waals surface area contributed by atoms with Crippen LogP contribution in [0.15, 0.2) is 22.6 Å². The van der Waals surface area contributed by atoms with Crippen molar-refractivity contribution in [2.24, 2.45) is 0 Å². The van der Waals surface area contributed by atoms with Crippen LogP contribution in [0.4, 0.5) is 13.2 Å². The van der Waals surface area contributed by atoms with Crippen LogP contribution >= 0.6 is 12.2 Å². The molecule has 0 aliphatic carbocycles. The summed E-state index contributed by atoms with van der Waals surface area (Å²) in [5, 5.41) is 29.2. The number of hydrogen-bond donors (Lipinski definition) is 4. The number of nitrogens with zero attached hydrogens (tertiary/aromatic N) is 2. The van der Waals surface area contributed by atoms with Crippen molar-refractivity contribution in [3.05, 3.63) is 38.5 Å². The molecule has 2 heterocycles. The number of halogens is 3. The molecule has 1 aromatic heterocycles. The highest BCUT2D eigenvalue weighted by Gasteiger charge is 2.44. The summed E-state index contributed by atoms with van der Waals surface area (Å²) in [6.07, 6.45) is -8.07. The Morgan fingerprint density at radius 2 is 2.00 bits per heavy atom. The van der Waals surface area contributed by atoms with Gasteiger partial charge in [-0.05, 0) is 26.1 Å². The third kappa shape index (κ3) is 5.35. The Balaban J connectivity index is 2.42. The maximum Gasteiger partial charge on any atom is 0.471 e. The number of aromatic nitrogens is 2. The highest BCUT2D eigenvalue weighted by Crippen LogP contribution is 2.29. The van der Waals surface area contributed by atoms with E-state index in [2.05, 4.69) is 4.98 Å². The summed E-state index contributed by atoms with van der Waals surface area (Å²) < 4.78 is 45.1. The van der Waals surface area contributed by atoms with Crippen molar-refractivity contribution >= 4 is 18.1 Å². The molecule has 2 rings (SSSR count). The molecule has 0 bridgehead atoms. The first kappa shape index (κ1) is 24.2. The van der Waals surface area contributed by atoms with Crippen LogP contribution in [0.5, 0.6) is 0 Å². The number of amides is 1. The van der Waals surface area contributed by atoms with Crippen LogP contribution in [0.25, 0.3) is 0 Å². The van der Waals surface area contributed by atoms with E-state index in [9.17, 15) is 38.1 Å². The van der Waals surface area contributed by atoms with Gasteiger partial charge in [0.05, 0.1) is 18.7 Å². The molecule has 0 aromatic carbocycles. The molecule has 1 aliphatic rings. The van der Waals surface area contributed by atoms with Crippen LogP contribution in [0, 0.1) is 4.77 Å². The molecule has 1 saturated heterocycles. The first-order valence-electron chi connectivity index (χ1n) is 8.83. The number of nitrogens with one attached hydrogen (secondary N) is 1. The Morgan fingerprint density at radius 1 is 1.37 bits per heavy atom. The highest BCUT2D eigenvalue weighted by molar-refractivity contribution is 7.71. The minimum absolute atomic E-state index is 0.225. The van der Waals surface area contributed by atoms with Crippen LogP contribution in [0.1, 0.15) is 25.6 Å². The summed E-state index contributed by atoms with van der Waals surface area (Å²) in [6, 6.07) is 0. The first-order valence-corrected chi connectivity index (χ1v) is 9.24. The Morgan fingerprint density at radius 3 is 2.50 bits per heavy atom. The number of aliphatic hydroxyl groups is 3. The Bertz CT molecular complexity index is 925. The molecule has 0 spiro atoms. The molecular formula is C17H22F3N3O6S. The third-order valence-electron chi connectivity index (χ3n) is 4.44.